The number of aromatic nitrogens is 3. The Hall–Kier alpha value is -6.11. The molecule has 40 heavy (non-hydrogen) atoms. The maximum Gasteiger partial charge on any atom is 0.296 e. The number of nitrogens with zero attached hydrogens (tertiary/aromatic N) is 7. The van der Waals surface area contributed by atoms with Crippen molar-refractivity contribution in [2.75, 3.05) is 5.43 Å². The van der Waals surface area contributed by atoms with Gasteiger partial charge in [0.05, 0.1) is 17.1 Å². The lowest BCUT2D eigenvalue weighted by Crippen LogP contribution is -2.22. The molecule has 5 aromatic rings. The molecule has 0 aliphatic rings. The summed E-state index contributed by atoms with van der Waals surface area (Å²) in [7, 11) is 1.79. The number of nitrogens with one attached hydrogen (secondary N) is 1. The van der Waals surface area contributed by atoms with E-state index in [0.29, 0.717) is 22.6 Å². The van der Waals surface area contributed by atoms with Gasteiger partial charge < -0.3 is 0 Å². The third kappa shape index (κ3) is 4.22. The topological polar surface area (TPSA) is 128 Å². The van der Waals surface area contributed by atoms with Gasteiger partial charge in [-0.05, 0) is 30.2 Å². The Balaban J connectivity index is 1.97. The van der Waals surface area contributed by atoms with Crippen LogP contribution in [-0.4, -0.2) is 19.6 Å². The van der Waals surface area contributed by atoms with E-state index in [1.165, 1.54) is 0 Å². The molecule has 2 heterocycles. The van der Waals surface area contributed by atoms with Crippen LogP contribution in [-0.2, 0) is 7.05 Å². The van der Waals surface area contributed by atoms with Crippen molar-refractivity contribution in [2.45, 2.75) is 6.92 Å². The summed E-state index contributed by atoms with van der Waals surface area (Å²) in [6, 6.07) is 33.8. The Bertz CT molecular complexity index is 1910. The van der Waals surface area contributed by atoms with Gasteiger partial charge in [-0.15, -0.1) is 0 Å². The molecule has 0 aliphatic carbocycles. The Morgan fingerprint density at radius 3 is 1.93 bits per heavy atom. The van der Waals surface area contributed by atoms with E-state index in [-0.39, 0.29) is 22.6 Å². The van der Waals surface area contributed by atoms with E-state index in [1.54, 1.807) is 33.1 Å². The first kappa shape index (κ1) is 25.5. The van der Waals surface area contributed by atoms with Crippen LogP contribution in [0.1, 0.15) is 11.3 Å². The zero-order chi connectivity index (χ0) is 28.2. The van der Waals surface area contributed by atoms with Crippen LogP contribution in [0, 0.1) is 40.9 Å². The maximum absolute atomic E-state index is 14.2. The van der Waals surface area contributed by atoms with Gasteiger partial charge in [-0.2, -0.15) is 20.9 Å². The van der Waals surface area contributed by atoms with Gasteiger partial charge in [0.2, 0.25) is 5.71 Å². The number of benzene rings is 3. The Morgan fingerprint density at radius 2 is 1.38 bits per heavy atom. The van der Waals surface area contributed by atoms with E-state index >= 15 is 0 Å². The van der Waals surface area contributed by atoms with Gasteiger partial charge in [-0.1, -0.05) is 78.9 Å². The third-order valence-electron chi connectivity index (χ3n) is 6.63. The van der Waals surface area contributed by atoms with Crippen molar-refractivity contribution in [3.63, 3.8) is 0 Å². The number of hydrogen-bond acceptors (Lipinski definition) is 6. The van der Waals surface area contributed by atoms with E-state index in [9.17, 15) is 20.6 Å². The summed E-state index contributed by atoms with van der Waals surface area (Å²) < 4.78 is 4.97. The molecule has 0 atom stereocenters. The number of anilines is 1. The highest BCUT2D eigenvalue weighted by Gasteiger charge is 2.30. The quantitative estimate of drug-likeness (QED) is 0.239. The summed E-state index contributed by atoms with van der Waals surface area (Å²) in [5, 5.41) is 33.1. The van der Waals surface area contributed by atoms with Gasteiger partial charge in [0.15, 0.2) is 5.82 Å². The molecule has 0 unspecified atom stereocenters. The van der Waals surface area contributed by atoms with Gasteiger partial charge in [0.1, 0.15) is 29.5 Å². The highest BCUT2D eigenvalue weighted by atomic mass is 16.1. The minimum Gasteiger partial charge on any atom is -0.286 e. The minimum atomic E-state index is -0.425. The van der Waals surface area contributed by atoms with Crippen molar-refractivity contribution in [3.05, 3.63) is 113 Å². The number of rotatable bonds is 6. The first-order chi connectivity index (χ1) is 19.5. The van der Waals surface area contributed by atoms with Crippen molar-refractivity contribution in [2.24, 2.45) is 12.1 Å². The number of hydrazone groups is 1. The van der Waals surface area contributed by atoms with Crippen LogP contribution in [0.5, 0.6) is 0 Å². The standard InChI is InChI=1S/C31H22N8O/c1-21-28(31(40)39(37(21)2)25-16-10-5-11-17-25)38-29(23-14-8-4-9-15-23)27(22-12-6-3-7-13-22)26(20-34)30(38)36-35-24(18-32)19-33/h3-17,36H,1-2H3. The van der Waals surface area contributed by atoms with Gasteiger partial charge in [0.25, 0.3) is 5.56 Å². The second kappa shape index (κ2) is 10.7. The van der Waals surface area contributed by atoms with Crippen LogP contribution in [0.3, 0.4) is 0 Å². The molecule has 9 heteroatoms. The number of nitriles is 3. The van der Waals surface area contributed by atoms with Crippen molar-refractivity contribution in [3.8, 4) is 52.0 Å². The monoisotopic (exact) mass is 522 g/mol. The van der Waals surface area contributed by atoms with Crippen LogP contribution in [0.2, 0.25) is 0 Å². The summed E-state index contributed by atoms with van der Waals surface area (Å²) in [6.07, 6.45) is 0. The van der Waals surface area contributed by atoms with E-state index in [1.807, 2.05) is 97.9 Å². The molecule has 0 saturated heterocycles. The van der Waals surface area contributed by atoms with Crippen LogP contribution < -0.4 is 11.0 Å². The number of para-hydroxylation sites is 1. The summed E-state index contributed by atoms with van der Waals surface area (Å²) in [4.78, 5) is 14.2. The van der Waals surface area contributed by atoms with E-state index in [2.05, 4.69) is 16.6 Å². The maximum atomic E-state index is 14.2. The van der Waals surface area contributed by atoms with Gasteiger partial charge in [0, 0.05) is 12.6 Å². The average molecular weight is 523 g/mol. The molecule has 0 radical (unpaired) electrons. The SMILES string of the molecule is Cc1c(-n2c(NN=C(C#N)C#N)c(C#N)c(-c3ccccc3)c2-c2ccccc2)c(=O)n(-c2ccccc2)n1C. The lowest BCUT2D eigenvalue weighted by Gasteiger charge is -2.13. The smallest absolute Gasteiger partial charge is 0.286 e. The van der Waals surface area contributed by atoms with Crippen molar-refractivity contribution in [1.29, 1.82) is 15.8 Å². The normalized spacial score (nSPS) is 10.3. The van der Waals surface area contributed by atoms with Crippen LogP contribution in [0.15, 0.2) is 101 Å². The molecule has 0 fully saturated rings. The van der Waals surface area contributed by atoms with Crippen molar-refractivity contribution in [1.82, 2.24) is 13.9 Å². The second-order valence-electron chi connectivity index (χ2n) is 8.83. The highest BCUT2D eigenvalue weighted by molar-refractivity contribution is 6.10. The van der Waals surface area contributed by atoms with E-state index < -0.39 is 5.71 Å². The summed E-state index contributed by atoms with van der Waals surface area (Å²) in [6.45, 7) is 1.82. The minimum absolute atomic E-state index is 0.161. The summed E-state index contributed by atoms with van der Waals surface area (Å²) in [5.74, 6) is 0.161. The zero-order valence-corrected chi connectivity index (χ0v) is 21.7. The van der Waals surface area contributed by atoms with Crippen molar-refractivity contribution >= 4 is 11.5 Å². The lowest BCUT2D eigenvalue weighted by molar-refractivity contribution is 0.630. The first-order valence-electron chi connectivity index (χ1n) is 12.3. The van der Waals surface area contributed by atoms with Gasteiger partial charge in [-0.3, -0.25) is 19.5 Å². The summed E-state index contributed by atoms with van der Waals surface area (Å²) in [5.41, 5.74) is 6.49. The fourth-order valence-electron chi connectivity index (χ4n) is 4.76. The molecular weight excluding hydrogens is 500 g/mol. The number of hydrogen-bond donors (Lipinski definition) is 1. The molecule has 1 N–H and O–H groups in total. The molecular formula is C31H22N8O. The van der Waals surface area contributed by atoms with Gasteiger partial charge >= 0.3 is 0 Å². The molecule has 0 saturated carbocycles. The Morgan fingerprint density at radius 1 is 0.825 bits per heavy atom. The average Bonchev–Trinajstić information content (AvgIpc) is 3.43. The molecule has 192 valence electrons. The molecule has 2 aromatic heterocycles. The molecule has 0 amide bonds. The van der Waals surface area contributed by atoms with Crippen molar-refractivity contribution < 1.29 is 0 Å². The van der Waals surface area contributed by atoms with Crippen LogP contribution >= 0.6 is 0 Å². The highest BCUT2D eigenvalue weighted by Crippen LogP contribution is 2.43. The Labute approximate surface area is 230 Å². The summed E-state index contributed by atoms with van der Waals surface area (Å²) >= 11 is 0. The van der Waals surface area contributed by atoms with Crippen LogP contribution in [0.4, 0.5) is 5.82 Å². The third-order valence-corrected chi connectivity index (χ3v) is 6.63. The molecule has 5 rings (SSSR count). The largest absolute Gasteiger partial charge is 0.296 e. The van der Waals surface area contributed by atoms with E-state index in [0.717, 1.165) is 11.1 Å². The first-order valence-corrected chi connectivity index (χ1v) is 12.3. The fourth-order valence-corrected chi connectivity index (χ4v) is 4.76. The van der Waals surface area contributed by atoms with E-state index in [4.69, 9.17) is 0 Å². The Kier molecular flexibility index (Phi) is 6.84. The van der Waals surface area contributed by atoms with Gasteiger partial charge in [-0.25, -0.2) is 4.68 Å². The molecule has 9 nitrogen and oxygen atoms in total. The molecule has 0 bridgehead atoms. The fraction of sp³-hybridized carbons (Fsp3) is 0.0645. The van der Waals surface area contributed by atoms with Crippen LogP contribution in [0.25, 0.3) is 33.8 Å². The zero-order valence-electron chi connectivity index (χ0n) is 21.7. The molecule has 0 spiro atoms. The second-order valence-corrected chi connectivity index (χ2v) is 8.83. The lowest BCUT2D eigenvalue weighted by atomic mass is 9.98. The predicted molar refractivity (Wildman–Crippen MR) is 153 cm³/mol. The predicted octanol–water partition coefficient (Wildman–Crippen LogP) is 5.30. The molecule has 3 aromatic carbocycles. The molecule has 0 aliphatic heterocycles.